The third-order valence-corrected chi connectivity index (χ3v) is 6.35. The fourth-order valence-electron chi connectivity index (χ4n) is 4.64. The van der Waals surface area contributed by atoms with Crippen LogP contribution in [0.3, 0.4) is 0 Å². The molecule has 1 aliphatic rings. The first-order valence-corrected chi connectivity index (χ1v) is 11.6. The van der Waals surface area contributed by atoms with Gasteiger partial charge in [0.05, 0.1) is 22.9 Å². The maximum Gasteiger partial charge on any atom is 0.256 e. The van der Waals surface area contributed by atoms with Crippen molar-refractivity contribution in [2.24, 2.45) is 0 Å². The Kier molecular flexibility index (Phi) is 5.86. The summed E-state index contributed by atoms with van der Waals surface area (Å²) in [5.41, 5.74) is 4.92. The summed E-state index contributed by atoms with van der Waals surface area (Å²) in [6, 6.07) is 10.9. The average Bonchev–Trinajstić information content (AvgIpc) is 3.49. The van der Waals surface area contributed by atoms with Crippen LogP contribution in [-0.2, 0) is 4.79 Å². The number of rotatable bonds is 5. The molecule has 1 aromatic carbocycles. The summed E-state index contributed by atoms with van der Waals surface area (Å²) in [5, 5.41) is 2.83. The predicted molar refractivity (Wildman–Crippen MR) is 134 cm³/mol. The van der Waals surface area contributed by atoms with Crippen molar-refractivity contribution in [2.45, 2.75) is 32.7 Å². The van der Waals surface area contributed by atoms with Gasteiger partial charge in [0.1, 0.15) is 11.6 Å². The van der Waals surface area contributed by atoms with E-state index < -0.39 is 0 Å². The third-order valence-electron chi connectivity index (χ3n) is 6.35. The minimum absolute atomic E-state index is 0.0879. The van der Waals surface area contributed by atoms with E-state index in [2.05, 4.69) is 21.9 Å². The largest absolute Gasteiger partial charge is 0.329 e. The number of carbonyl (C=O) groups is 2. The Morgan fingerprint density at radius 3 is 2.66 bits per heavy atom. The number of imidazole rings is 1. The molecule has 1 atom stereocenters. The summed E-state index contributed by atoms with van der Waals surface area (Å²) in [7, 11) is 0. The van der Waals surface area contributed by atoms with E-state index in [0.29, 0.717) is 17.9 Å². The van der Waals surface area contributed by atoms with Crippen molar-refractivity contribution in [3.63, 3.8) is 0 Å². The number of pyridine rings is 1. The van der Waals surface area contributed by atoms with Crippen molar-refractivity contribution in [1.29, 1.82) is 0 Å². The molecular formula is C27H26N6O2. The van der Waals surface area contributed by atoms with E-state index in [4.69, 9.17) is 4.98 Å². The van der Waals surface area contributed by atoms with Crippen LogP contribution < -0.4 is 5.32 Å². The number of aryl methyl sites for hydroxylation is 2. The van der Waals surface area contributed by atoms with Crippen LogP contribution in [0.4, 0.5) is 5.82 Å². The molecule has 5 rings (SSSR count). The number of nitrogens with zero attached hydrogens (tertiary/aromatic N) is 5. The first-order chi connectivity index (χ1) is 17.0. The Morgan fingerprint density at radius 2 is 1.91 bits per heavy atom. The quantitative estimate of drug-likeness (QED) is 0.437. The number of nitrogens with one attached hydrogen (secondary N) is 1. The fourth-order valence-corrected chi connectivity index (χ4v) is 4.64. The van der Waals surface area contributed by atoms with E-state index >= 15 is 0 Å². The molecule has 4 heterocycles. The summed E-state index contributed by atoms with van der Waals surface area (Å²) < 4.78 is 2.03. The molecule has 3 aromatic heterocycles. The lowest BCUT2D eigenvalue weighted by molar-refractivity contribution is -0.127. The summed E-state index contributed by atoms with van der Waals surface area (Å²) in [5.74, 6) is 1.00. The van der Waals surface area contributed by atoms with Crippen molar-refractivity contribution >= 4 is 23.1 Å². The van der Waals surface area contributed by atoms with Gasteiger partial charge in [0.2, 0.25) is 5.91 Å². The van der Waals surface area contributed by atoms with Gasteiger partial charge in [-0.2, -0.15) is 0 Å². The van der Waals surface area contributed by atoms with Gasteiger partial charge in [-0.1, -0.05) is 18.7 Å². The number of benzene rings is 1. The average molecular weight is 467 g/mol. The molecule has 8 heteroatoms. The van der Waals surface area contributed by atoms with E-state index in [-0.39, 0.29) is 17.9 Å². The molecule has 4 aromatic rings. The molecule has 1 aliphatic heterocycles. The number of carbonyl (C=O) groups excluding carboxylic acids is 2. The van der Waals surface area contributed by atoms with Gasteiger partial charge in [0.15, 0.2) is 0 Å². The number of hydrogen-bond donors (Lipinski definition) is 1. The third kappa shape index (κ3) is 4.19. The maximum absolute atomic E-state index is 12.7. The van der Waals surface area contributed by atoms with Gasteiger partial charge in [0, 0.05) is 36.3 Å². The van der Waals surface area contributed by atoms with E-state index in [1.807, 2.05) is 53.6 Å². The number of anilines is 1. The minimum atomic E-state index is -0.229. The Bertz CT molecular complexity index is 1440. The Balaban J connectivity index is 1.50. The zero-order valence-corrected chi connectivity index (χ0v) is 19.7. The summed E-state index contributed by atoms with van der Waals surface area (Å²) in [6.45, 7) is 8.23. The molecule has 2 amide bonds. The Morgan fingerprint density at radius 1 is 1.11 bits per heavy atom. The van der Waals surface area contributed by atoms with Crippen molar-refractivity contribution < 1.29 is 9.59 Å². The highest BCUT2D eigenvalue weighted by Gasteiger charge is 2.33. The molecule has 1 unspecified atom stereocenters. The highest BCUT2D eigenvalue weighted by Crippen LogP contribution is 2.36. The number of aromatic nitrogens is 4. The van der Waals surface area contributed by atoms with Crippen molar-refractivity contribution in [3.8, 4) is 11.3 Å². The number of amides is 2. The second-order valence-corrected chi connectivity index (χ2v) is 8.69. The van der Waals surface area contributed by atoms with Gasteiger partial charge in [-0.05, 0) is 62.6 Å². The first kappa shape index (κ1) is 22.5. The van der Waals surface area contributed by atoms with E-state index in [1.165, 1.54) is 6.08 Å². The van der Waals surface area contributed by atoms with Crippen LogP contribution in [0.2, 0.25) is 0 Å². The van der Waals surface area contributed by atoms with Gasteiger partial charge in [-0.15, -0.1) is 0 Å². The van der Waals surface area contributed by atoms with Gasteiger partial charge >= 0.3 is 0 Å². The number of fused-ring (bicyclic) bond motifs is 1. The zero-order chi connectivity index (χ0) is 24.5. The normalized spacial score (nSPS) is 15.4. The molecule has 0 aliphatic carbocycles. The van der Waals surface area contributed by atoms with Gasteiger partial charge in [0.25, 0.3) is 5.91 Å². The lowest BCUT2D eigenvalue weighted by Gasteiger charge is -2.22. The number of hydrogen-bond acceptors (Lipinski definition) is 5. The van der Waals surface area contributed by atoms with Gasteiger partial charge in [-0.3, -0.25) is 19.0 Å². The second-order valence-electron chi connectivity index (χ2n) is 8.69. The van der Waals surface area contributed by atoms with Crippen molar-refractivity contribution in [1.82, 2.24) is 24.3 Å². The Labute approximate surface area is 203 Å². The number of likely N-dealkylation sites (tertiary alicyclic amines) is 1. The molecule has 1 fully saturated rings. The van der Waals surface area contributed by atoms with Crippen molar-refractivity contribution in [3.05, 3.63) is 90.3 Å². The lowest BCUT2D eigenvalue weighted by atomic mass is 10.1. The second kappa shape index (κ2) is 9.13. The molecule has 35 heavy (non-hydrogen) atoms. The van der Waals surface area contributed by atoms with Crippen LogP contribution >= 0.6 is 0 Å². The van der Waals surface area contributed by atoms with E-state index in [0.717, 1.165) is 46.7 Å². The van der Waals surface area contributed by atoms with Crippen LogP contribution in [0.1, 0.15) is 46.3 Å². The van der Waals surface area contributed by atoms with Gasteiger partial charge in [-0.25, -0.2) is 9.97 Å². The van der Waals surface area contributed by atoms with Crippen molar-refractivity contribution in [2.75, 3.05) is 11.9 Å². The minimum Gasteiger partial charge on any atom is -0.329 e. The molecule has 0 bridgehead atoms. The summed E-state index contributed by atoms with van der Waals surface area (Å²) >= 11 is 0. The maximum atomic E-state index is 12.7. The molecule has 0 spiro atoms. The molecule has 8 nitrogen and oxygen atoms in total. The fraction of sp³-hybridized carbons (Fsp3) is 0.222. The van der Waals surface area contributed by atoms with Crippen LogP contribution in [0.5, 0.6) is 0 Å². The molecule has 176 valence electrons. The first-order valence-electron chi connectivity index (χ1n) is 11.6. The smallest absolute Gasteiger partial charge is 0.256 e. The highest BCUT2D eigenvalue weighted by molar-refractivity contribution is 6.04. The standard InChI is InChI=1S/C27H26N6O2/c1-4-23(34)32-14-5-6-21(32)26-31-24(25-18(3)28-13-15-33(25)26)19-7-9-20(10-8-19)27(35)30-22-16-17(2)11-12-29-22/h4,7-13,15-16,21H,1,5-6,14H2,2-3H3,(H,29,30,35). The van der Waals surface area contributed by atoms with Crippen LogP contribution in [0.15, 0.2) is 67.6 Å². The van der Waals surface area contributed by atoms with Crippen LogP contribution in [0, 0.1) is 13.8 Å². The monoisotopic (exact) mass is 466 g/mol. The molecular weight excluding hydrogens is 440 g/mol. The van der Waals surface area contributed by atoms with E-state index in [9.17, 15) is 9.59 Å². The molecule has 0 saturated carbocycles. The van der Waals surface area contributed by atoms with E-state index in [1.54, 1.807) is 24.5 Å². The van der Waals surface area contributed by atoms with Crippen LogP contribution in [0.25, 0.3) is 16.8 Å². The molecule has 0 radical (unpaired) electrons. The SMILES string of the molecule is C=CC(=O)N1CCCC1c1nc(-c2ccc(C(=O)Nc3cc(C)ccn3)cc2)c2c(C)nccn12. The highest BCUT2D eigenvalue weighted by atomic mass is 16.2. The molecule has 1 N–H and O–H groups in total. The summed E-state index contributed by atoms with van der Waals surface area (Å²) in [6.07, 6.45) is 8.42. The topological polar surface area (TPSA) is 92.5 Å². The predicted octanol–water partition coefficient (Wildman–Crippen LogP) is 4.51. The lowest BCUT2D eigenvalue weighted by Crippen LogP contribution is -2.29. The summed E-state index contributed by atoms with van der Waals surface area (Å²) in [4.78, 5) is 40.7. The zero-order valence-electron chi connectivity index (χ0n) is 19.7. The van der Waals surface area contributed by atoms with Crippen LogP contribution in [-0.4, -0.2) is 42.6 Å². The molecule has 1 saturated heterocycles. The van der Waals surface area contributed by atoms with Gasteiger partial charge < -0.3 is 10.2 Å². The Hall–Kier alpha value is -4.33.